The standard InChI is InChI=1S/C45H82N2O3/c1-5-7-9-11-13-15-17-19-21-23-25-27-29-31-33-35-39-49-43-41-47(45(48)37-38-46(3)4)42-44(43)50-40-36-34-32-30-28-26-24-22-20-18-16-14-12-10-8-6-2/h13-16,19-22,43-44H,5-12,17-18,23-42H2,1-4H3/b15-13-,16-14-,21-19-,22-20-/t43-,44?/m1/s1. The van der Waals surface area contributed by atoms with Gasteiger partial charge >= 0.3 is 0 Å². The molecule has 0 saturated carbocycles. The van der Waals surface area contributed by atoms with E-state index in [1.807, 2.05) is 19.0 Å². The number of hydrogen-bond donors (Lipinski definition) is 0. The lowest BCUT2D eigenvalue weighted by Gasteiger charge is -2.19. The van der Waals surface area contributed by atoms with Crippen LogP contribution in [0.25, 0.3) is 0 Å². The molecule has 0 aromatic heterocycles. The van der Waals surface area contributed by atoms with Crippen LogP contribution in [0.4, 0.5) is 0 Å². The minimum Gasteiger partial charge on any atom is -0.374 e. The number of likely N-dealkylation sites (tertiary alicyclic amines) is 1. The van der Waals surface area contributed by atoms with Crippen LogP contribution < -0.4 is 0 Å². The Morgan fingerprint density at radius 1 is 0.540 bits per heavy atom. The summed E-state index contributed by atoms with van der Waals surface area (Å²) in [5.74, 6) is 0.223. The summed E-state index contributed by atoms with van der Waals surface area (Å²) >= 11 is 0. The molecule has 1 aliphatic rings. The molecule has 1 amide bonds. The lowest BCUT2D eigenvalue weighted by atomic mass is 10.1. The van der Waals surface area contributed by atoms with E-state index in [1.165, 1.54) is 128 Å². The van der Waals surface area contributed by atoms with E-state index in [9.17, 15) is 4.79 Å². The number of unbranched alkanes of at least 4 members (excludes halogenated alkanes) is 18. The largest absolute Gasteiger partial charge is 0.374 e. The molecule has 5 heteroatoms. The molecule has 1 fully saturated rings. The first-order valence-corrected chi connectivity index (χ1v) is 21.3. The van der Waals surface area contributed by atoms with Gasteiger partial charge in [-0.15, -0.1) is 0 Å². The molecule has 0 aliphatic carbocycles. The summed E-state index contributed by atoms with van der Waals surface area (Å²) in [5, 5.41) is 0. The molecule has 0 aromatic rings. The molecule has 5 nitrogen and oxygen atoms in total. The van der Waals surface area contributed by atoms with Gasteiger partial charge in [0.2, 0.25) is 5.91 Å². The minimum atomic E-state index is 0.000817. The maximum absolute atomic E-state index is 12.9. The van der Waals surface area contributed by atoms with Crippen LogP contribution in [0.5, 0.6) is 0 Å². The molecule has 0 N–H and O–H groups in total. The third kappa shape index (κ3) is 28.9. The fourth-order valence-electron chi connectivity index (χ4n) is 6.40. The summed E-state index contributed by atoms with van der Waals surface area (Å²) in [6, 6.07) is 0. The van der Waals surface area contributed by atoms with Crippen molar-refractivity contribution in [3.05, 3.63) is 48.6 Å². The molecule has 0 aromatic carbocycles. The van der Waals surface area contributed by atoms with Crippen molar-refractivity contribution in [3.8, 4) is 0 Å². The van der Waals surface area contributed by atoms with Gasteiger partial charge in [0.15, 0.2) is 0 Å². The summed E-state index contributed by atoms with van der Waals surface area (Å²) < 4.78 is 12.7. The van der Waals surface area contributed by atoms with Crippen LogP contribution in [0.1, 0.15) is 174 Å². The minimum absolute atomic E-state index is 0.000817. The Morgan fingerprint density at radius 3 is 1.28 bits per heavy atom. The van der Waals surface area contributed by atoms with Gasteiger partial charge in [-0.25, -0.2) is 0 Å². The molecular weight excluding hydrogens is 617 g/mol. The lowest BCUT2D eigenvalue weighted by Crippen LogP contribution is -2.32. The van der Waals surface area contributed by atoms with Crippen LogP contribution in [0.3, 0.4) is 0 Å². The maximum atomic E-state index is 12.9. The van der Waals surface area contributed by atoms with Crippen molar-refractivity contribution < 1.29 is 14.3 Å². The first-order chi connectivity index (χ1) is 24.6. The Kier molecular flexibility index (Phi) is 33.1. The van der Waals surface area contributed by atoms with Crippen LogP contribution in [0.2, 0.25) is 0 Å². The molecule has 1 heterocycles. The van der Waals surface area contributed by atoms with E-state index in [0.29, 0.717) is 19.5 Å². The quantitative estimate of drug-likeness (QED) is 0.0488. The number of carbonyl (C=O) groups excluding carboxylic acids is 1. The van der Waals surface area contributed by atoms with E-state index in [-0.39, 0.29) is 18.1 Å². The topological polar surface area (TPSA) is 42.0 Å². The zero-order valence-corrected chi connectivity index (χ0v) is 33.6. The van der Waals surface area contributed by atoms with E-state index < -0.39 is 0 Å². The second kappa shape index (κ2) is 35.7. The first-order valence-electron chi connectivity index (χ1n) is 21.3. The van der Waals surface area contributed by atoms with Gasteiger partial charge in [-0.1, -0.05) is 140 Å². The molecule has 2 atom stereocenters. The SMILES string of the molecule is CCCCC/C=C\C/C=C\CCCCCCCCOC1CN(C(=O)CCN(C)C)C[C@H]1OCCCCCCCC/C=C\C/C=C\CCCCC. The van der Waals surface area contributed by atoms with E-state index in [2.05, 4.69) is 67.4 Å². The number of carbonyl (C=O) groups is 1. The van der Waals surface area contributed by atoms with E-state index >= 15 is 0 Å². The Labute approximate surface area is 311 Å². The van der Waals surface area contributed by atoms with Gasteiger partial charge in [-0.3, -0.25) is 4.79 Å². The van der Waals surface area contributed by atoms with Crippen molar-refractivity contribution in [1.29, 1.82) is 0 Å². The highest BCUT2D eigenvalue weighted by molar-refractivity contribution is 5.76. The summed E-state index contributed by atoms with van der Waals surface area (Å²) in [5.41, 5.74) is 0. The van der Waals surface area contributed by atoms with Crippen molar-refractivity contribution in [1.82, 2.24) is 9.80 Å². The fourth-order valence-corrected chi connectivity index (χ4v) is 6.40. The number of rotatable bonds is 35. The normalized spacial score (nSPS) is 16.9. The molecule has 0 spiro atoms. The number of hydrogen-bond acceptors (Lipinski definition) is 4. The van der Waals surface area contributed by atoms with Gasteiger partial charge in [0, 0.05) is 39.3 Å². The first kappa shape index (κ1) is 46.3. The second-order valence-corrected chi connectivity index (χ2v) is 14.8. The summed E-state index contributed by atoms with van der Waals surface area (Å²) in [7, 11) is 4.05. The van der Waals surface area contributed by atoms with Crippen molar-refractivity contribution in [2.24, 2.45) is 0 Å². The molecular formula is C45H82N2O3. The van der Waals surface area contributed by atoms with Gasteiger partial charge in [0.05, 0.1) is 0 Å². The van der Waals surface area contributed by atoms with Crippen molar-refractivity contribution >= 4 is 5.91 Å². The third-order valence-corrected chi connectivity index (χ3v) is 9.69. The monoisotopic (exact) mass is 699 g/mol. The Hall–Kier alpha value is -1.69. The Morgan fingerprint density at radius 2 is 0.900 bits per heavy atom. The Balaban J connectivity index is 2.17. The summed E-state index contributed by atoms with van der Waals surface area (Å²) in [6.07, 6.45) is 49.2. The lowest BCUT2D eigenvalue weighted by molar-refractivity contribution is -0.131. The zero-order chi connectivity index (χ0) is 36.2. The van der Waals surface area contributed by atoms with Crippen LogP contribution in [0, 0.1) is 0 Å². The number of allylic oxidation sites excluding steroid dienone is 8. The van der Waals surface area contributed by atoms with Crippen LogP contribution in [-0.4, -0.2) is 74.9 Å². The predicted molar refractivity (Wildman–Crippen MR) is 218 cm³/mol. The average molecular weight is 699 g/mol. The number of nitrogens with zero attached hydrogens (tertiary/aromatic N) is 2. The van der Waals surface area contributed by atoms with Gasteiger partial charge in [0.25, 0.3) is 0 Å². The third-order valence-electron chi connectivity index (χ3n) is 9.69. The average Bonchev–Trinajstić information content (AvgIpc) is 3.52. The van der Waals surface area contributed by atoms with Crippen LogP contribution >= 0.6 is 0 Å². The highest BCUT2D eigenvalue weighted by Crippen LogP contribution is 2.20. The summed E-state index contributed by atoms with van der Waals surface area (Å²) in [6.45, 7) is 8.18. The predicted octanol–water partition coefficient (Wildman–Crippen LogP) is 12.2. The zero-order valence-electron chi connectivity index (χ0n) is 33.6. The highest BCUT2D eigenvalue weighted by Gasteiger charge is 2.36. The second-order valence-electron chi connectivity index (χ2n) is 14.8. The van der Waals surface area contributed by atoms with Gasteiger partial charge in [-0.05, 0) is 91.1 Å². The molecule has 1 saturated heterocycles. The van der Waals surface area contributed by atoms with Gasteiger partial charge in [0.1, 0.15) is 12.2 Å². The van der Waals surface area contributed by atoms with Gasteiger partial charge < -0.3 is 19.3 Å². The fraction of sp³-hybridized carbons (Fsp3) is 0.800. The van der Waals surface area contributed by atoms with E-state index in [4.69, 9.17) is 9.47 Å². The summed E-state index contributed by atoms with van der Waals surface area (Å²) in [4.78, 5) is 16.9. The van der Waals surface area contributed by atoms with Crippen LogP contribution in [0.15, 0.2) is 48.6 Å². The highest BCUT2D eigenvalue weighted by atomic mass is 16.5. The number of ether oxygens (including phenoxy) is 2. The van der Waals surface area contributed by atoms with Crippen molar-refractivity contribution in [2.45, 2.75) is 187 Å². The van der Waals surface area contributed by atoms with E-state index in [0.717, 1.165) is 45.4 Å². The van der Waals surface area contributed by atoms with E-state index in [1.54, 1.807) is 0 Å². The molecule has 50 heavy (non-hydrogen) atoms. The Bertz CT molecular complexity index is 806. The molecule has 0 radical (unpaired) electrons. The molecule has 1 rings (SSSR count). The van der Waals surface area contributed by atoms with Gasteiger partial charge in [-0.2, -0.15) is 0 Å². The number of amides is 1. The van der Waals surface area contributed by atoms with Crippen molar-refractivity contribution in [2.75, 3.05) is 46.9 Å². The molecule has 0 bridgehead atoms. The molecule has 1 unspecified atom stereocenters. The maximum Gasteiger partial charge on any atom is 0.224 e. The smallest absolute Gasteiger partial charge is 0.224 e. The van der Waals surface area contributed by atoms with Crippen molar-refractivity contribution in [3.63, 3.8) is 0 Å². The molecule has 290 valence electrons. The molecule has 1 aliphatic heterocycles. The van der Waals surface area contributed by atoms with Crippen LogP contribution in [-0.2, 0) is 14.3 Å².